The standard InChI is InChI=1S/C16H17ClN2O/c1-20-15-6-12(8-18-10-15)16-7-13(17)3-2-11(16)9-19-14-4-5-14/h2-3,6-8,10,14,19H,4-5,9H2,1H3. The molecule has 1 N–H and O–H groups in total. The molecule has 1 aromatic carbocycles. The predicted octanol–water partition coefficient (Wildman–Crippen LogP) is 3.66. The number of ether oxygens (including phenoxy) is 1. The highest BCUT2D eigenvalue weighted by molar-refractivity contribution is 6.30. The van der Waals surface area contributed by atoms with Crippen LogP contribution in [0.2, 0.25) is 5.02 Å². The molecule has 1 aliphatic rings. The molecule has 0 bridgehead atoms. The lowest BCUT2D eigenvalue weighted by Gasteiger charge is -2.12. The van der Waals surface area contributed by atoms with Crippen molar-refractivity contribution in [3.63, 3.8) is 0 Å². The van der Waals surface area contributed by atoms with Gasteiger partial charge in [-0.05, 0) is 42.2 Å². The van der Waals surface area contributed by atoms with Crippen molar-refractivity contribution in [3.8, 4) is 16.9 Å². The number of nitrogens with one attached hydrogen (secondary N) is 1. The molecule has 1 fully saturated rings. The topological polar surface area (TPSA) is 34.1 Å². The second-order valence-electron chi connectivity index (χ2n) is 5.07. The second-order valence-corrected chi connectivity index (χ2v) is 5.51. The van der Waals surface area contributed by atoms with Gasteiger partial charge < -0.3 is 10.1 Å². The zero-order chi connectivity index (χ0) is 13.9. The smallest absolute Gasteiger partial charge is 0.137 e. The number of hydrogen-bond donors (Lipinski definition) is 1. The summed E-state index contributed by atoms with van der Waals surface area (Å²) < 4.78 is 5.24. The summed E-state index contributed by atoms with van der Waals surface area (Å²) in [5, 5.41) is 4.27. The van der Waals surface area contributed by atoms with E-state index in [1.165, 1.54) is 18.4 Å². The summed E-state index contributed by atoms with van der Waals surface area (Å²) in [7, 11) is 1.65. The van der Waals surface area contributed by atoms with Crippen LogP contribution >= 0.6 is 11.6 Å². The van der Waals surface area contributed by atoms with E-state index in [2.05, 4.69) is 16.4 Å². The van der Waals surface area contributed by atoms with E-state index in [-0.39, 0.29) is 0 Å². The van der Waals surface area contributed by atoms with E-state index in [0.29, 0.717) is 6.04 Å². The van der Waals surface area contributed by atoms with Gasteiger partial charge in [-0.3, -0.25) is 4.98 Å². The van der Waals surface area contributed by atoms with Crippen molar-refractivity contribution in [3.05, 3.63) is 47.2 Å². The summed E-state index contributed by atoms with van der Waals surface area (Å²) in [4.78, 5) is 4.22. The molecular formula is C16H17ClN2O. The fourth-order valence-electron chi connectivity index (χ4n) is 2.19. The molecule has 0 radical (unpaired) electrons. The molecule has 4 heteroatoms. The number of rotatable bonds is 5. The Morgan fingerprint density at radius 1 is 1.30 bits per heavy atom. The third-order valence-electron chi connectivity index (χ3n) is 3.49. The van der Waals surface area contributed by atoms with Gasteiger partial charge >= 0.3 is 0 Å². The first-order valence-corrected chi connectivity index (χ1v) is 7.15. The van der Waals surface area contributed by atoms with Gasteiger partial charge in [-0.1, -0.05) is 17.7 Å². The van der Waals surface area contributed by atoms with Crippen molar-refractivity contribution in [1.82, 2.24) is 10.3 Å². The first-order chi connectivity index (χ1) is 9.76. The molecule has 20 heavy (non-hydrogen) atoms. The summed E-state index contributed by atoms with van der Waals surface area (Å²) in [6.07, 6.45) is 6.11. The minimum Gasteiger partial charge on any atom is -0.495 e. The van der Waals surface area contributed by atoms with E-state index in [1.807, 2.05) is 24.4 Å². The van der Waals surface area contributed by atoms with Gasteiger partial charge in [0, 0.05) is 29.4 Å². The van der Waals surface area contributed by atoms with Crippen molar-refractivity contribution < 1.29 is 4.74 Å². The quantitative estimate of drug-likeness (QED) is 0.912. The molecule has 2 aromatic rings. The van der Waals surface area contributed by atoms with E-state index < -0.39 is 0 Å². The molecule has 0 unspecified atom stereocenters. The van der Waals surface area contributed by atoms with Gasteiger partial charge in [-0.2, -0.15) is 0 Å². The van der Waals surface area contributed by atoms with Crippen molar-refractivity contribution in [2.75, 3.05) is 7.11 Å². The molecule has 104 valence electrons. The number of halogens is 1. The Morgan fingerprint density at radius 3 is 2.90 bits per heavy atom. The Kier molecular flexibility index (Phi) is 3.90. The van der Waals surface area contributed by atoms with E-state index >= 15 is 0 Å². The van der Waals surface area contributed by atoms with Crippen LogP contribution < -0.4 is 10.1 Å². The van der Waals surface area contributed by atoms with E-state index in [9.17, 15) is 0 Å². The number of nitrogens with zero attached hydrogens (tertiary/aromatic N) is 1. The zero-order valence-electron chi connectivity index (χ0n) is 11.4. The Hall–Kier alpha value is -1.58. The predicted molar refractivity (Wildman–Crippen MR) is 81.1 cm³/mol. The third kappa shape index (κ3) is 3.11. The number of benzene rings is 1. The highest BCUT2D eigenvalue weighted by Gasteiger charge is 2.20. The summed E-state index contributed by atoms with van der Waals surface area (Å²) >= 11 is 6.14. The molecule has 3 rings (SSSR count). The van der Waals surface area contributed by atoms with Crippen LogP contribution in [0.25, 0.3) is 11.1 Å². The van der Waals surface area contributed by atoms with Crippen LogP contribution in [0.4, 0.5) is 0 Å². The lowest BCUT2D eigenvalue weighted by atomic mass is 10.0. The molecule has 0 saturated heterocycles. The molecular weight excluding hydrogens is 272 g/mol. The van der Waals surface area contributed by atoms with E-state index in [4.69, 9.17) is 16.3 Å². The van der Waals surface area contributed by atoms with Gasteiger partial charge in [0.25, 0.3) is 0 Å². The summed E-state index contributed by atoms with van der Waals surface area (Å²) in [6, 6.07) is 8.66. The van der Waals surface area contributed by atoms with Gasteiger partial charge in [0.05, 0.1) is 13.3 Å². The fraction of sp³-hybridized carbons (Fsp3) is 0.312. The summed E-state index contributed by atoms with van der Waals surface area (Å²) in [6.45, 7) is 0.856. The van der Waals surface area contributed by atoms with Gasteiger partial charge in [0.15, 0.2) is 0 Å². The minimum absolute atomic E-state index is 0.682. The van der Waals surface area contributed by atoms with Crippen molar-refractivity contribution in [2.45, 2.75) is 25.4 Å². The highest BCUT2D eigenvalue weighted by atomic mass is 35.5. The van der Waals surface area contributed by atoms with Gasteiger partial charge in [0.1, 0.15) is 5.75 Å². The number of aromatic nitrogens is 1. The first-order valence-electron chi connectivity index (χ1n) is 6.77. The van der Waals surface area contributed by atoms with Crippen LogP contribution in [0.15, 0.2) is 36.7 Å². The van der Waals surface area contributed by atoms with Crippen molar-refractivity contribution >= 4 is 11.6 Å². The Balaban J connectivity index is 1.94. The van der Waals surface area contributed by atoms with Crippen LogP contribution in [0.3, 0.4) is 0 Å². The van der Waals surface area contributed by atoms with Crippen molar-refractivity contribution in [2.24, 2.45) is 0 Å². The SMILES string of the molecule is COc1cncc(-c2cc(Cl)ccc2CNC2CC2)c1. The molecule has 1 saturated carbocycles. The summed E-state index contributed by atoms with van der Waals surface area (Å²) in [5.41, 5.74) is 3.37. The van der Waals surface area contributed by atoms with Gasteiger partial charge in [0.2, 0.25) is 0 Å². The average Bonchev–Trinajstić information content (AvgIpc) is 3.30. The monoisotopic (exact) mass is 288 g/mol. The normalized spacial score (nSPS) is 14.3. The van der Waals surface area contributed by atoms with Crippen LogP contribution in [0, 0.1) is 0 Å². The van der Waals surface area contributed by atoms with Crippen molar-refractivity contribution in [1.29, 1.82) is 0 Å². The maximum atomic E-state index is 6.14. The van der Waals surface area contributed by atoms with Crippen LogP contribution in [0.1, 0.15) is 18.4 Å². The fourth-order valence-corrected chi connectivity index (χ4v) is 2.36. The molecule has 3 nitrogen and oxygen atoms in total. The Bertz CT molecular complexity index is 611. The zero-order valence-corrected chi connectivity index (χ0v) is 12.2. The number of methoxy groups -OCH3 is 1. The lowest BCUT2D eigenvalue weighted by Crippen LogP contribution is -2.15. The number of hydrogen-bond acceptors (Lipinski definition) is 3. The molecule has 1 aliphatic carbocycles. The Morgan fingerprint density at radius 2 is 2.15 bits per heavy atom. The van der Waals surface area contributed by atoms with Gasteiger partial charge in [-0.25, -0.2) is 0 Å². The van der Waals surface area contributed by atoms with Crippen LogP contribution in [-0.4, -0.2) is 18.1 Å². The average molecular weight is 289 g/mol. The molecule has 0 spiro atoms. The highest BCUT2D eigenvalue weighted by Crippen LogP contribution is 2.29. The molecule has 0 atom stereocenters. The molecule has 0 amide bonds. The van der Waals surface area contributed by atoms with Gasteiger partial charge in [-0.15, -0.1) is 0 Å². The Labute approximate surface area is 123 Å². The second kappa shape index (κ2) is 5.81. The van der Waals surface area contributed by atoms with E-state index in [0.717, 1.165) is 28.4 Å². The number of pyridine rings is 1. The van der Waals surface area contributed by atoms with Crippen LogP contribution in [0.5, 0.6) is 5.75 Å². The maximum absolute atomic E-state index is 6.14. The molecule has 1 heterocycles. The lowest BCUT2D eigenvalue weighted by molar-refractivity contribution is 0.413. The minimum atomic E-state index is 0.682. The first kappa shape index (κ1) is 13.4. The summed E-state index contributed by atoms with van der Waals surface area (Å²) in [5.74, 6) is 0.753. The molecule has 0 aliphatic heterocycles. The van der Waals surface area contributed by atoms with E-state index in [1.54, 1.807) is 13.3 Å². The largest absolute Gasteiger partial charge is 0.495 e. The third-order valence-corrected chi connectivity index (χ3v) is 3.73. The molecule has 1 aromatic heterocycles. The maximum Gasteiger partial charge on any atom is 0.137 e. The van der Waals surface area contributed by atoms with Crippen LogP contribution in [-0.2, 0) is 6.54 Å².